The molecule has 4 nitrogen and oxygen atoms in total. The van der Waals surface area contributed by atoms with Crippen molar-refractivity contribution >= 4 is 10.0 Å². The van der Waals surface area contributed by atoms with Crippen LogP contribution in [-0.2, 0) is 10.0 Å². The van der Waals surface area contributed by atoms with Gasteiger partial charge in [-0.1, -0.05) is 37.7 Å². The first kappa shape index (κ1) is 16.0. The minimum Gasteiger partial charge on any atom is -0.384 e. The number of nitrogens with one attached hydrogen (secondary N) is 1. The standard InChI is InChI=1S/C16H21NO3S/c1-13-5-2-8-15(11-13)17-21(19,20)16-9-3-6-14(12-16)7-4-10-18/h3,6,9,12-13,15,17-18H,2,5,8,10-11H2,1H3. The summed E-state index contributed by atoms with van der Waals surface area (Å²) in [5.41, 5.74) is 0.587. The molecule has 2 rings (SSSR count). The van der Waals surface area contributed by atoms with Crippen LogP contribution in [0.15, 0.2) is 29.2 Å². The smallest absolute Gasteiger partial charge is 0.240 e. The summed E-state index contributed by atoms with van der Waals surface area (Å²) in [4.78, 5) is 0.227. The molecule has 1 aliphatic carbocycles. The molecule has 0 saturated heterocycles. The number of hydrogen-bond donors (Lipinski definition) is 2. The highest BCUT2D eigenvalue weighted by molar-refractivity contribution is 7.89. The van der Waals surface area contributed by atoms with Crippen LogP contribution in [0, 0.1) is 17.8 Å². The lowest BCUT2D eigenvalue weighted by atomic mass is 9.88. The highest BCUT2D eigenvalue weighted by atomic mass is 32.2. The molecule has 0 aliphatic heterocycles. The molecule has 2 unspecified atom stereocenters. The number of sulfonamides is 1. The topological polar surface area (TPSA) is 66.4 Å². The van der Waals surface area contributed by atoms with E-state index < -0.39 is 10.0 Å². The first-order valence-electron chi connectivity index (χ1n) is 7.23. The Labute approximate surface area is 126 Å². The van der Waals surface area contributed by atoms with Crippen LogP contribution in [0.25, 0.3) is 0 Å². The van der Waals surface area contributed by atoms with Crippen molar-refractivity contribution in [2.24, 2.45) is 5.92 Å². The van der Waals surface area contributed by atoms with Crippen molar-refractivity contribution in [2.45, 2.75) is 43.5 Å². The molecule has 1 fully saturated rings. The molecule has 0 heterocycles. The van der Waals surface area contributed by atoms with Gasteiger partial charge in [-0.25, -0.2) is 13.1 Å². The second kappa shape index (κ2) is 7.08. The second-order valence-corrected chi connectivity index (χ2v) is 7.29. The van der Waals surface area contributed by atoms with E-state index in [1.807, 2.05) is 0 Å². The maximum atomic E-state index is 12.4. The third-order valence-electron chi connectivity index (χ3n) is 3.71. The van der Waals surface area contributed by atoms with E-state index in [0.717, 1.165) is 19.3 Å². The van der Waals surface area contributed by atoms with Crippen molar-refractivity contribution in [3.05, 3.63) is 29.8 Å². The molecule has 114 valence electrons. The van der Waals surface area contributed by atoms with E-state index in [2.05, 4.69) is 23.5 Å². The lowest BCUT2D eigenvalue weighted by molar-refractivity contribution is 0.327. The van der Waals surface area contributed by atoms with Crippen LogP contribution in [0.5, 0.6) is 0 Å². The van der Waals surface area contributed by atoms with Crippen LogP contribution in [0.3, 0.4) is 0 Å². The summed E-state index contributed by atoms with van der Waals surface area (Å²) < 4.78 is 27.6. The maximum Gasteiger partial charge on any atom is 0.240 e. The Morgan fingerprint density at radius 3 is 2.90 bits per heavy atom. The van der Waals surface area contributed by atoms with E-state index in [4.69, 9.17) is 5.11 Å². The van der Waals surface area contributed by atoms with Crippen molar-refractivity contribution in [1.82, 2.24) is 4.72 Å². The zero-order valence-electron chi connectivity index (χ0n) is 12.2. The van der Waals surface area contributed by atoms with Gasteiger partial charge >= 0.3 is 0 Å². The van der Waals surface area contributed by atoms with Gasteiger partial charge < -0.3 is 5.11 Å². The lowest BCUT2D eigenvalue weighted by Crippen LogP contribution is -2.37. The predicted octanol–water partition coefficient (Wildman–Crippen LogP) is 1.89. The highest BCUT2D eigenvalue weighted by Crippen LogP contribution is 2.25. The quantitative estimate of drug-likeness (QED) is 0.838. The molecule has 2 atom stereocenters. The van der Waals surface area contributed by atoms with Gasteiger partial charge in [-0.05, 0) is 37.0 Å². The number of rotatable bonds is 3. The third-order valence-corrected chi connectivity index (χ3v) is 5.23. The van der Waals surface area contributed by atoms with Gasteiger partial charge in [0.1, 0.15) is 6.61 Å². The van der Waals surface area contributed by atoms with Crippen LogP contribution in [0.1, 0.15) is 38.2 Å². The minimum absolute atomic E-state index is 0.0194. The summed E-state index contributed by atoms with van der Waals surface area (Å²) in [6.07, 6.45) is 4.03. The third kappa shape index (κ3) is 4.57. The van der Waals surface area contributed by atoms with E-state index in [0.29, 0.717) is 11.5 Å². The fourth-order valence-corrected chi connectivity index (χ4v) is 4.04. The lowest BCUT2D eigenvalue weighted by Gasteiger charge is -2.27. The monoisotopic (exact) mass is 307 g/mol. The van der Waals surface area contributed by atoms with Crippen molar-refractivity contribution in [2.75, 3.05) is 6.61 Å². The molecule has 21 heavy (non-hydrogen) atoms. The summed E-state index contributed by atoms with van der Waals surface area (Å²) in [5, 5.41) is 8.69. The average Bonchev–Trinajstić information content (AvgIpc) is 2.45. The maximum absolute atomic E-state index is 12.4. The van der Waals surface area contributed by atoms with Crippen molar-refractivity contribution in [3.8, 4) is 11.8 Å². The first-order chi connectivity index (χ1) is 10.0. The Hall–Kier alpha value is -1.35. The number of hydrogen-bond acceptors (Lipinski definition) is 3. The molecule has 1 saturated carbocycles. The summed E-state index contributed by atoms with van der Waals surface area (Å²) in [7, 11) is -3.51. The van der Waals surface area contributed by atoms with E-state index in [-0.39, 0.29) is 17.5 Å². The Morgan fingerprint density at radius 2 is 2.19 bits per heavy atom. The van der Waals surface area contributed by atoms with E-state index in [9.17, 15) is 8.42 Å². The Bertz CT molecular complexity index is 643. The highest BCUT2D eigenvalue weighted by Gasteiger charge is 2.24. The molecule has 0 amide bonds. The minimum atomic E-state index is -3.51. The molecule has 0 bridgehead atoms. The van der Waals surface area contributed by atoms with Crippen LogP contribution >= 0.6 is 0 Å². The van der Waals surface area contributed by atoms with Gasteiger partial charge in [-0.15, -0.1) is 0 Å². The second-order valence-electron chi connectivity index (χ2n) is 5.58. The number of aliphatic hydroxyl groups excluding tert-OH is 1. The summed E-state index contributed by atoms with van der Waals surface area (Å²) in [6, 6.07) is 6.52. The molecule has 0 aromatic heterocycles. The van der Waals surface area contributed by atoms with Gasteiger partial charge in [0.2, 0.25) is 10.0 Å². The molecule has 1 aromatic carbocycles. The normalized spacial score (nSPS) is 22.4. The Kier molecular flexibility index (Phi) is 5.40. The van der Waals surface area contributed by atoms with Crippen molar-refractivity contribution in [3.63, 3.8) is 0 Å². The Morgan fingerprint density at radius 1 is 1.38 bits per heavy atom. The van der Waals surface area contributed by atoms with Crippen LogP contribution in [-0.4, -0.2) is 26.2 Å². The molecular weight excluding hydrogens is 286 g/mol. The van der Waals surface area contributed by atoms with Gasteiger partial charge in [0.25, 0.3) is 0 Å². The SMILES string of the molecule is CC1CCCC(NS(=O)(=O)c2cccc(C#CCO)c2)C1. The summed E-state index contributed by atoms with van der Waals surface area (Å²) in [5.74, 6) is 5.81. The molecular formula is C16H21NO3S. The fraction of sp³-hybridized carbons (Fsp3) is 0.500. The van der Waals surface area contributed by atoms with Gasteiger partial charge in [0, 0.05) is 11.6 Å². The first-order valence-corrected chi connectivity index (χ1v) is 8.71. The number of aliphatic hydroxyl groups is 1. The summed E-state index contributed by atoms with van der Waals surface area (Å²) >= 11 is 0. The Balaban J connectivity index is 2.15. The van der Waals surface area contributed by atoms with E-state index >= 15 is 0 Å². The van der Waals surface area contributed by atoms with Crippen LogP contribution < -0.4 is 4.72 Å². The van der Waals surface area contributed by atoms with E-state index in [1.165, 1.54) is 12.5 Å². The van der Waals surface area contributed by atoms with Gasteiger partial charge in [-0.3, -0.25) is 0 Å². The van der Waals surface area contributed by atoms with Gasteiger partial charge in [0.15, 0.2) is 0 Å². The largest absolute Gasteiger partial charge is 0.384 e. The predicted molar refractivity (Wildman–Crippen MR) is 82.1 cm³/mol. The molecule has 5 heteroatoms. The molecule has 1 aromatic rings. The zero-order valence-corrected chi connectivity index (χ0v) is 13.0. The summed E-state index contributed by atoms with van der Waals surface area (Å²) in [6.45, 7) is 1.92. The van der Waals surface area contributed by atoms with E-state index in [1.54, 1.807) is 18.2 Å². The number of benzene rings is 1. The van der Waals surface area contributed by atoms with Crippen molar-refractivity contribution in [1.29, 1.82) is 0 Å². The van der Waals surface area contributed by atoms with Crippen LogP contribution in [0.4, 0.5) is 0 Å². The van der Waals surface area contributed by atoms with Gasteiger partial charge in [0.05, 0.1) is 4.90 Å². The molecule has 0 radical (unpaired) electrons. The molecule has 1 aliphatic rings. The average molecular weight is 307 g/mol. The zero-order chi connectivity index (χ0) is 15.3. The fourth-order valence-electron chi connectivity index (χ4n) is 2.71. The van der Waals surface area contributed by atoms with Crippen LogP contribution in [0.2, 0.25) is 0 Å². The van der Waals surface area contributed by atoms with Gasteiger partial charge in [-0.2, -0.15) is 0 Å². The molecule has 2 N–H and O–H groups in total. The molecule has 0 spiro atoms. The van der Waals surface area contributed by atoms with Crippen molar-refractivity contribution < 1.29 is 13.5 Å².